The van der Waals surface area contributed by atoms with Crippen molar-refractivity contribution in [1.82, 2.24) is 0 Å². The van der Waals surface area contributed by atoms with E-state index in [4.69, 9.17) is 18.6 Å². The van der Waals surface area contributed by atoms with E-state index >= 15 is 0 Å². The monoisotopic (exact) mass is 434 g/mol. The smallest absolute Gasteiger partial charge is 0.302 e. The quantitative estimate of drug-likeness (QED) is 0.246. The van der Waals surface area contributed by atoms with E-state index < -0.39 is 14.4 Å². The van der Waals surface area contributed by atoms with Crippen LogP contribution in [0.3, 0.4) is 0 Å². The Morgan fingerprint density at radius 1 is 1.27 bits per heavy atom. The van der Waals surface area contributed by atoms with Crippen LogP contribution in [0.1, 0.15) is 45.7 Å². The normalized spacial score (nSPS) is 20.1. The summed E-state index contributed by atoms with van der Waals surface area (Å²) in [5.41, 5.74) is 1.46. The van der Waals surface area contributed by atoms with Crippen LogP contribution >= 0.6 is 0 Å². The van der Waals surface area contributed by atoms with Gasteiger partial charge < -0.3 is 18.6 Å². The van der Waals surface area contributed by atoms with E-state index in [9.17, 15) is 9.59 Å². The van der Waals surface area contributed by atoms with Gasteiger partial charge in [0.2, 0.25) is 0 Å². The topological polar surface area (TPSA) is 74.4 Å². The lowest BCUT2D eigenvalue weighted by Gasteiger charge is -2.38. The maximum atomic E-state index is 13.1. The van der Waals surface area contributed by atoms with Crippen LogP contribution in [-0.2, 0) is 30.1 Å². The average molecular weight is 435 g/mol. The number of epoxide rings is 1. The van der Waals surface area contributed by atoms with Crippen LogP contribution in [0.4, 0.5) is 0 Å². The van der Waals surface area contributed by atoms with Gasteiger partial charge in [-0.1, -0.05) is 39.0 Å². The fraction of sp³-hybridized carbons (Fsp3) is 0.565. The summed E-state index contributed by atoms with van der Waals surface area (Å²) < 4.78 is 22.6. The zero-order chi connectivity index (χ0) is 22.7. The summed E-state index contributed by atoms with van der Waals surface area (Å²) in [6, 6.07) is 5.47. The summed E-state index contributed by atoms with van der Waals surface area (Å²) in [4.78, 5) is 24.3. The van der Waals surface area contributed by atoms with Gasteiger partial charge in [0.15, 0.2) is 14.1 Å². The van der Waals surface area contributed by atoms with Crippen LogP contribution < -0.4 is 4.74 Å². The Kier molecular flexibility index (Phi) is 7.66. The molecule has 3 atom stereocenters. The molecule has 0 N–H and O–H groups in total. The first-order valence-electron chi connectivity index (χ1n) is 10.2. The minimum atomic E-state index is -2.15. The second-order valence-electron chi connectivity index (χ2n) is 9.15. The van der Waals surface area contributed by atoms with Gasteiger partial charge in [0.25, 0.3) is 0 Å². The summed E-state index contributed by atoms with van der Waals surface area (Å²) in [5, 5.41) is -0.0165. The van der Waals surface area contributed by atoms with Crippen LogP contribution in [0, 0.1) is 0 Å². The number of ketones is 1. The van der Waals surface area contributed by atoms with Crippen LogP contribution in [-0.4, -0.2) is 45.5 Å². The molecular weight excluding hydrogens is 400 g/mol. The molecule has 1 aliphatic rings. The Hall–Kier alpha value is -1.96. The molecule has 1 aromatic rings. The third-order valence-corrected chi connectivity index (χ3v) is 10.3. The zero-order valence-corrected chi connectivity index (χ0v) is 20.3. The van der Waals surface area contributed by atoms with Crippen LogP contribution in [0.5, 0.6) is 5.75 Å². The molecule has 1 heterocycles. The Balaban J connectivity index is 2.26. The van der Waals surface area contributed by atoms with Gasteiger partial charge >= 0.3 is 5.97 Å². The number of esters is 1. The third-order valence-electron chi connectivity index (χ3n) is 5.80. The lowest BCUT2D eigenvalue weighted by Crippen LogP contribution is -2.47. The minimum Gasteiger partial charge on any atom is -0.496 e. The lowest BCUT2D eigenvalue weighted by atomic mass is 10.0. The molecule has 6 nitrogen and oxygen atoms in total. The standard InChI is InChI=1S/C23H34O6Si/c1-15-21(28-15)22(29-30(7,8)23(3,4)5)19(25)13-12-17-10-9-11-20(26-6)18(17)14-27-16(2)24/h9-13,15,21-22H,14H2,1-8H3/b13-12+/t15-,21+,22+/m1/s1. The van der Waals surface area contributed by atoms with Crippen molar-refractivity contribution >= 4 is 26.1 Å². The van der Waals surface area contributed by atoms with Crippen molar-refractivity contribution in [3.8, 4) is 5.75 Å². The Labute approximate surface area is 180 Å². The number of carbonyl (C=O) groups is 2. The number of carbonyl (C=O) groups excluding carboxylic acids is 2. The van der Waals surface area contributed by atoms with Gasteiger partial charge in [-0.05, 0) is 42.8 Å². The third kappa shape index (κ3) is 6.03. The van der Waals surface area contributed by atoms with E-state index in [0.29, 0.717) is 11.3 Å². The fourth-order valence-corrected chi connectivity index (χ4v) is 4.06. The molecule has 1 saturated heterocycles. The SMILES string of the molecule is COc1cccc(/C=C/C(=O)[C@H](O[Si](C)(C)C(C)(C)C)[C@H]2O[C@@H]2C)c1COC(C)=O. The zero-order valence-electron chi connectivity index (χ0n) is 19.3. The molecule has 0 aromatic heterocycles. The van der Waals surface area contributed by atoms with E-state index in [1.807, 2.05) is 19.1 Å². The van der Waals surface area contributed by atoms with Crippen molar-refractivity contribution in [1.29, 1.82) is 0 Å². The fourth-order valence-electron chi connectivity index (χ4n) is 2.83. The van der Waals surface area contributed by atoms with Gasteiger partial charge in [-0.15, -0.1) is 0 Å². The van der Waals surface area contributed by atoms with E-state index in [1.165, 1.54) is 13.0 Å². The van der Waals surface area contributed by atoms with Gasteiger partial charge in [-0.25, -0.2) is 0 Å². The van der Waals surface area contributed by atoms with Crippen molar-refractivity contribution in [2.45, 2.75) is 77.7 Å². The second kappa shape index (κ2) is 9.45. The van der Waals surface area contributed by atoms with E-state index in [1.54, 1.807) is 19.3 Å². The summed E-state index contributed by atoms with van der Waals surface area (Å²) in [6.07, 6.45) is 2.41. The van der Waals surface area contributed by atoms with Gasteiger partial charge in [0, 0.05) is 12.5 Å². The summed E-state index contributed by atoms with van der Waals surface area (Å²) in [5.74, 6) is 0.0871. The molecule has 0 amide bonds. The first-order valence-corrected chi connectivity index (χ1v) is 13.1. The van der Waals surface area contributed by atoms with Crippen molar-refractivity contribution in [2.24, 2.45) is 0 Å². The molecule has 0 aliphatic carbocycles. The van der Waals surface area contributed by atoms with Gasteiger partial charge in [0.1, 0.15) is 24.6 Å². The highest BCUT2D eigenvalue weighted by Crippen LogP contribution is 2.40. The van der Waals surface area contributed by atoms with Crippen LogP contribution in [0.2, 0.25) is 18.1 Å². The number of hydrogen-bond donors (Lipinski definition) is 0. The molecule has 7 heteroatoms. The molecule has 1 aliphatic heterocycles. The minimum absolute atomic E-state index is 0.00784. The molecule has 2 rings (SSSR count). The van der Waals surface area contributed by atoms with Gasteiger partial charge in [-0.2, -0.15) is 0 Å². The highest BCUT2D eigenvalue weighted by atomic mass is 28.4. The lowest BCUT2D eigenvalue weighted by molar-refractivity contribution is -0.142. The molecule has 0 bridgehead atoms. The number of ether oxygens (including phenoxy) is 3. The van der Waals surface area contributed by atoms with Crippen molar-refractivity contribution < 1.29 is 28.2 Å². The number of methoxy groups -OCH3 is 1. The second-order valence-corrected chi connectivity index (χ2v) is 13.9. The van der Waals surface area contributed by atoms with E-state index in [-0.39, 0.29) is 35.6 Å². The molecule has 30 heavy (non-hydrogen) atoms. The highest BCUT2D eigenvalue weighted by molar-refractivity contribution is 6.74. The number of benzene rings is 1. The van der Waals surface area contributed by atoms with Crippen LogP contribution in [0.15, 0.2) is 24.3 Å². The highest BCUT2D eigenvalue weighted by Gasteiger charge is 2.49. The molecule has 1 aromatic carbocycles. The average Bonchev–Trinajstić information content (AvgIpc) is 3.37. The first-order chi connectivity index (χ1) is 13.9. The summed E-state index contributed by atoms with van der Waals surface area (Å²) in [7, 11) is -0.599. The Morgan fingerprint density at radius 2 is 1.90 bits per heavy atom. The van der Waals surface area contributed by atoms with Crippen molar-refractivity contribution in [3.05, 3.63) is 35.4 Å². The molecule has 166 valence electrons. The van der Waals surface area contributed by atoms with E-state index in [0.717, 1.165) is 5.56 Å². The molecule has 0 unspecified atom stereocenters. The van der Waals surface area contributed by atoms with Crippen LogP contribution in [0.25, 0.3) is 6.08 Å². The Morgan fingerprint density at radius 3 is 2.40 bits per heavy atom. The predicted molar refractivity (Wildman–Crippen MR) is 119 cm³/mol. The molecule has 1 fully saturated rings. The van der Waals surface area contributed by atoms with Gasteiger partial charge in [-0.3, -0.25) is 9.59 Å². The largest absolute Gasteiger partial charge is 0.496 e. The molecule has 0 radical (unpaired) electrons. The number of hydrogen-bond acceptors (Lipinski definition) is 6. The molecule has 0 spiro atoms. The molecular formula is C23H34O6Si. The maximum Gasteiger partial charge on any atom is 0.302 e. The van der Waals surface area contributed by atoms with Crippen molar-refractivity contribution in [3.63, 3.8) is 0 Å². The number of rotatable bonds is 9. The van der Waals surface area contributed by atoms with Gasteiger partial charge in [0.05, 0.1) is 13.2 Å². The Bertz CT molecular complexity index is 808. The summed E-state index contributed by atoms with van der Waals surface area (Å²) in [6.45, 7) is 14.1. The molecule has 0 saturated carbocycles. The summed E-state index contributed by atoms with van der Waals surface area (Å²) >= 11 is 0. The van der Waals surface area contributed by atoms with E-state index in [2.05, 4.69) is 33.9 Å². The maximum absolute atomic E-state index is 13.1. The van der Waals surface area contributed by atoms with Crippen molar-refractivity contribution in [2.75, 3.05) is 7.11 Å². The first kappa shape index (κ1) is 24.3. The predicted octanol–water partition coefficient (Wildman–Crippen LogP) is 4.52.